The van der Waals surface area contributed by atoms with Gasteiger partial charge < -0.3 is 19.2 Å². The molecule has 7 heteroatoms. The smallest absolute Gasteiger partial charge is 0.251 e. The minimum absolute atomic E-state index is 0.0517. The number of fused-ring (bicyclic) bond motifs is 3. The second-order valence-electron chi connectivity index (χ2n) is 8.32. The third-order valence-corrected chi connectivity index (χ3v) is 6.42. The van der Waals surface area contributed by atoms with E-state index in [2.05, 4.69) is 20.9 Å². The van der Waals surface area contributed by atoms with Crippen LogP contribution < -0.4 is 10.5 Å². The zero-order valence-corrected chi connectivity index (χ0v) is 17.5. The number of nitrogens with one attached hydrogen (secondary N) is 1. The van der Waals surface area contributed by atoms with Crippen LogP contribution in [0.5, 0.6) is 0 Å². The highest BCUT2D eigenvalue weighted by atomic mass is 35.5. The summed E-state index contributed by atoms with van der Waals surface area (Å²) in [7, 11) is 0. The lowest BCUT2D eigenvalue weighted by molar-refractivity contribution is -0.133. The van der Waals surface area contributed by atoms with Crippen molar-refractivity contribution in [3.05, 3.63) is 82.0 Å². The third kappa shape index (κ3) is 3.42. The fourth-order valence-corrected chi connectivity index (χ4v) is 4.82. The van der Waals surface area contributed by atoms with E-state index >= 15 is 0 Å². The lowest BCUT2D eigenvalue weighted by Gasteiger charge is -2.47. The number of hydrogen-bond acceptors (Lipinski definition) is 4. The number of rotatable bonds is 4. The molecule has 2 unspecified atom stereocenters. The Bertz CT molecular complexity index is 1330. The second-order valence-corrected chi connectivity index (χ2v) is 8.76. The largest absolute Gasteiger partial charge is 0.371 e. The van der Waals surface area contributed by atoms with E-state index in [-0.39, 0.29) is 5.56 Å². The standard InChI is InChI=1S/C24H21ClN4O2/c25-17-3-1-2-15(6-17)12-28-5-4-16(7-23(28)30)22-11-27-24-21(22)8-18(10-26-24)29-13-19-9-20(14-29)31-19/h1-8,10-11,19-20H,9,12-14H2,(H,26,27). The van der Waals surface area contributed by atoms with Gasteiger partial charge in [0.1, 0.15) is 5.65 Å². The molecule has 3 aliphatic heterocycles. The Hall–Kier alpha value is -3.09. The summed E-state index contributed by atoms with van der Waals surface area (Å²) in [5, 5.41) is 1.69. The number of H-pyrrole nitrogens is 1. The molecule has 4 aromatic rings. The van der Waals surface area contributed by atoms with Crippen molar-refractivity contribution in [3.8, 4) is 11.1 Å². The maximum absolute atomic E-state index is 12.8. The van der Waals surface area contributed by atoms with Crippen LogP contribution in [-0.4, -0.2) is 39.8 Å². The van der Waals surface area contributed by atoms with Gasteiger partial charge in [0.25, 0.3) is 5.56 Å². The summed E-state index contributed by atoms with van der Waals surface area (Å²) in [5.74, 6) is 0. The van der Waals surface area contributed by atoms with Crippen molar-refractivity contribution in [2.24, 2.45) is 0 Å². The Kier molecular flexibility index (Phi) is 4.37. The van der Waals surface area contributed by atoms with Gasteiger partial charge in [-0.15, -0.1) is 0 Å². The first-order valence-corrected chi connectivity index (χ1v) is 10.8. The Morgan fingerprint density at radius 1 is 1.16 bits per heavy atom. The predicted octanol–water partition coefficient (Wildman–Crippen LogP) is 4.07. The fraction of sp³-hybridized carbons (Fsp3) is 0.250. The number of nitrogens with zero attached hydrogens (tertiary/aromatic N) is 3. The van der Waals surface area contributed by atoms with E-state index in [0.717, 1.165) is 52.9 Å². The van der Waals surface area contributed by atoms with Crippen LogP contribution in [0.4, 0.5) is 5.69 Å². The van der Waals surface area contributed by atoms with Crippen molar-refractivity contribution >= 4 is 28.3 Å². The zero-order chi connectivity index (χ0) is 20.9. The van der Waals surface area contributed by atoms with Gasteiger partial charge in [-0.2, -0.15) is 0 Å². The summed E-state index contributed by atoms with van der Waals surface area (Å²) < 4.78 is 7.44. The first-order chi connectivity index (χ1) is 15.1. The van der Waals surface area contributed by atoms with Gasteiger partial charge >= 0.3 is 0 Å². The second kappa shape index (κ2) is 7.25. The summed E-state index contributed by atoms with van der Waals surface area (Å²) in [6, 6.07) is 13.4. The molecule has 1 aromatic carbocycles. The molecule has 3 aliphatic rings. The Balaban J connectivity index is 1.32. The number of piperidine rings is 1. The van der Waals surface area contributed by atoms with Gasteiger partial charge in [0.05, 0.1) is 30.6 Å². The molecule has 0 radical (unpaired) electrons. The summed E-state index contributed by atoms with van der Waals surface area (Å²) in [6.07, 6.45) is 7.52. The van der Waals surface area contributed by atoms with Crippen LogP contribution in [0.2, 0.25) is 5.02 Å². The van der Waals surface area contributed by atoms with Gasteiger partial charge in [0.15, 0.2) is 0 Å². The Morgan fingerprint density at radius 3 is 2.77 bits per heavy atom. The molecular weight excluding hydrogens is 412 g/mol. The van der Waals surface area contributed by atoms with E-state index in [4.69, 9.17) is 16.3 Å². The van der Waals surface area contributed by atoms with Crippen LogP contribution in [-0.2, 0) is 11.3 Å². The average molecular weight is 433 g/mol. The molecule has 156 valence electrons. The van der Waals surface area contributed by atoms with Crippen molar-refractivity contribution in [1.29, 1.82) is 0 Å². The van der Waals surface area contributed by atoms with Crippen LogP contribution in [0, 0.1) is 0 Å². The van der Waals surface area contributed by atoms with E-state index in [1.165, 1.54) is 0 Å². The quantitative estimate of drug-likeness (QED) is 0.528. The number of morpholine rings is 1. The zero-order valence-electron chi connectivity index (χ0n) is 16.8. The molecule has 6 heterocycles. The van der Waals surface area contributed by atoms with E-state index < -0.39 is 0 Å². The third-order valence-electron chi connectivity index (χ3n) is 6.19. The topological polar surface area (TPSA) is 63.1 Å². The number of aromatic nitrogens is 3. The molecule has 3 fully saturated rings. The van der Waals surface area contributed by atoms with Gasteiger partial charge in [0, 0.05) is 53.9 Å². The van der Waals surface area contributed by atoms with E-state index in [1.807, 2.05) is 48.9 Å². The molecule has 7 rings (SSSR count). The van der Waals surface area contributed by atoms with Crippen molar-refractivity contribution in [2.75, 3.05) is 18.0 Å². The van der Waals surface area contributed by atoms with Crippen LogP contribution in [0.25, 0.3) is 22.2 Å². The molecule has 1 N–H and O–H groups in total. The van der Waals surface area contributed by atoms with Crippen LogP contribution in [0.1, 0.15) is 12.0 Å². The monoisotopic (exact) mass is 432 g/mol. The van der Waals surface area contributed by atoms with Crippen LogP contribution in [0.3, 0.4) is 0 Å². The molecule has 0 saturated carbocycles. The van der Waals surface area contributed by atoms with Crippen molar-refractivity contribution in [2.45, 2.75) is 25.2 Å². The predicted molar refractivity (Wildman–Crippen MR) is 122 cm³/mol. The molecule has 0 aliphatic carbocycles. The van der Waals surface area contributed by atoms with Crippen LogP contribution in [0.15, 0.2) is 65.8 Å². The van der Waals surface area contributed by atoms with Crippen molar-refractivity contribution in [1.82, 2.24) is 14.5 Å². The molecular formula is C24H21ClN4O2. The average Bonchev–Trinajstić information content (AvgIpc) is 3.18. The van der Waals surface area contributed by atoms with Crippen LogP contribution >= 0.6 is 11.6 Å². The highest BCUT2D eigenvalue weighted by Crippen LogP contribution is 2.34. The highest BCUT2D eigenvalue weighted by Gasteiger charge is 2.38. The molecule has 2 bridgehead atoms. The molecule has 3 aromatic heterocycles. The fourth-order valence-electron chi connectivity index (χ4n) is 4.61. The molecule has 2 atom stereocenters. The Labute approximate surface area is 184 Å². The summed E-state index contributed by atoms with van der Waals surface area (Å²) in [5.41, 5.74) is 4.72. The number of halogens is 1. The number of benzene rings is 1. The van der Waals surface area contributed by atoms with E-state index in [1.54, 1.807) is 10.6 Å². The number of anilines is 1. The van der Waals surface area contributed by atoms with E-state index in [0.29, 0.717) is 23.8 Å². The lowest BCUT2D eigenvalue weighted by atomic mass is 9.98. The molecule has 31 heavy (non-hydrogen) atoms. The minimum atomic E-state index is -0.0517. The SMILES string of the molecule is O=c1cc(-c2c[nH]c3ncc(N4CC5CC(C4)O5)cc23)ccn1Cc1cccc(Cl)c1. The van der Waals surface area contributed by atoms with Gasteiger partial charge in [0.2, 0.25) is 0 Å². The molecule has 0 spiro atoms. The number of hydrogen-bond donors (Lipinski definition) is 1. The molecule has 0 amide bonds. The maximum Gasteiger partial charge on any atom is 0.251 e. The van der Waals surface area contributed by atoms with Gasteiger partial charge in [-0.05, 0) is 35.4 Å². The first-order valence-electron chi connectivity index (χ1n) is 10.5. The number of aromatic amines is 1. The number of ether oxygens (including phenoxy) is 1. The van der Waals surface area contributed by atoms with Crippen molar-refractivity contribution < 1.29 is 4.74 Å². The van der Waals surface area contributed by atoms with Gasteiger partial charge in [-0.3, -0.25) is 4.79 Å². The summed E-state index contributed by atoms with van der Waals surface area (Å²) in [6.45, 7) is 2.30. The first kappa shape index (κ1) is 18.7. The van der Waals surface area contributed by atoms with Gasteiger partial charge in [-0.1, -0.05) is 23.7 Å². The van der Waals surface area contributed by atoms with Gasteiger partial charge in [-0.25, -0.2) is 4.98 Å². The van der Waals surface area contributed by atoms with Crippen molar-refractivity contribution in [3.63, 3.8) is 0 Å². The Morgan fingerprint density at radius 2 is 2.00 bits per heavy atom. The maximum atomic E-state index is 12.8. The lowest BCUT2D eigenvalue weighted by Crippen LogP contribution is -2.57. The minimum Gasteiger partial charge on any atom is -0.371 e. The summed E-state index contributed by atoms with van der Waals surface area (Å²) in [4.78, 5) is 23.0. The molecule has 6 nitrogen and oxygen atoms in total. The normalized spacial score (nSPS) is 20.1. The molecule has 3 saturated heterocycles. The number of pyridine rings is 2. The summed E-state index contributed by atoms with van der Waals surface area (Å²) >= 11 is 6.07. The van der Waals surface area contributed by atoms with E-state index in [9.17, 15) is 4.79 Å². The highest BCUT2D eigenvalue weighted by molar-refractivity contribution is 6.30.